The van der Waals surface area contributed by atoms with E-state index in [-0.39, 0.29) is 23.1 Å². The average molecular weight is 496 g/mol. The van der Waals surface area contributed by atoms with E-state index >= 15 is 0 Å². The molecule has 0 fully saturated rings. The maximum Gasteiger partial charge on any atom is 0.255 e. The summed E-state index contributed by atoms with van der Waals surface area (Å²) in [6.07, 6.45) is 0. The number of ketones is 1. The summed E-state index contributed by atoms with van der Waals surface area (Å²) < 4.78 is 32.8. The van der Waals surface area contributed by atoms with E-state index in [4.69, 9.17) is 4.74 Å². The Balaban J connectivity index is 1.66. The molecule has 0 aliphatic carbocycles. The van der Waals surface area contributed by atoms with Gasteiger partial charge in [-0.15, -0.1) is 0 Å². The highest BCUT2D eigenvalue weighted by Crippen LogP contribution is 2.28. The molecule has 35 heavy (non-hydrogen) atoms. The lowest BCUT2D eigenvalue weighted by atomic mass is 10.1. The number of carbonyl (C=O) groups is 3. The number of nitrogens with one attached hydrogen (secondary N) is 3. The molecule has 0 atom stereocenters. The van der Waals surface area contributed by atoms with Crippen molar-refractivity contribution < 1.29 is 27.5 Å². The van der Waals surface area contributed by atoms with Crippen molar-refractivity contribution in [1.82, 2.24) is 4.72 Å². The van der Waals surface area contributed by atoms with Crippen LogP contribution in [0.15, 0.2) is 71.6 Å². The van der Waals surface area contributed by atoms with Crippen molar-refractivity contribution in [3.05, 3.63) is 83.4 Å². The second kappa shape index (κ2) is 10.9. The lowest BCUT2D eigenvalue weighted by molar-refractivity contribution is -0.114. The first-order valence-electron chi connectivity index (χ1n) is 10.6. The van der Waals surface area contributed by atoms with Gasteiger partial charge in [-0.05, 0) is 55.0 Å². The van der Waals surface area contributed by atoms with Gasteiger partial charge in [-0.25, -0.2) is 13.1 Å². The van der Waals surface area contributed by atoms with Crippen molar-refractivity contribution in [1.29, 1.82) is 0 Å². The molecule has 10 heteroatoms. The van der Waals surface area contributed by atoms with Crippen LogP contribution in [0.1, 0.15) is 40.1 Å². The molecule has 3 aromatic carbocycles. The van der Waals surface area contributed by atoms with Crippen LogP contribution in [0, 0.1) is 0 Å². The van der Waals surface area contributed by atoms with Crippen LogP contribution in [0.3, 0.4) is 0 Å². The number of anilines is 2. The molecule has 0 radical (unpaired) electrons. The number of Topliss-reactive ketones (excluding diaryl/α,β-unsaturated/α-hetero) is 1. The monoisotopic (exact) mass is 495 g/mol. The number of methoxy groups -OCH3 is 1. The number of benzene rings is 3. The highest BCUT2D eigenvalue weighted by molar-refractivity contribution is 7.89. The van der Waals surface area contributed by atoms with Crippen molar-refractivity contribution in [3.8, 4) is 5.75 Å². The number of ether oxygens (including phenoxy) is 1. The predicted octanol–water partition coefficient (Wildman–Crippen LogP) is 3.59. The molecule has 0 saturated carbocycles. The minimum Gasteiger partial charge on any atom is -0.495 e. The van der Waals surface area contributed by atoms with Gasteiger partial charge < -0.3 is 15.4 Å². The number of hydrogen-bond donors (Lipinski definition) is 3. The summed E-state index contributed by atoms with van der Waals surface area (Å²) in [6.45, 7) is 2.81. The normalized spacial score (nSPS) is 10.9. The number of amides is 2. The summed E-state index contributed by atoms with van der Waals surface area (Å²) >= 11 is 0. The molecular weight excluding hydrogens is 470 g/mol. The Morgan fingerprint density at radius 2 is 1.46 bits per heavy atom. The van der Waals surface area contributed by atoms with Gasteiger partial charge in [-0.3, -0.25) is 14.4 Å². The van der Waals surface area contributed by atoms with Crippen molar-refractivity contribution in [2.45, 2.75) is 25.3 Å². The Bertz CT molecular complexity index is 1350. The van der Waals surface area contributed by atoms with Crippen molar-refractivity contribution >= 4 is 39.0 Å². The van der Waals surface area contributed by atoms with E-state index in [1.807, 2.05) is 0 Å². The Morgan fingerprint density at radius 1 is 0.829 bits per heavy atom. The van der Waals surface area contributed by atoms with Crippen LogP contribution in [0.2, 0.25) is 0 Å². The average Bonchev–Trinajstić information content (AvgIpc) is 2.83. The zero-order valence-electron chi connectivity index (χ0n) is 19.4. The summed E-state index contributed by atoms with van der Waals surface area (Å²) in [5, 5.41) is 5.40. The topological polar surface area (TPSA) is 131 Å². The van der Waals surface area contributed by atoms with Gasteiger partial charge in [0.2, 0.25) is 15.9 Å². The van der Waals surface area contributed by atoms with Crippen molar-refractivity contribution in [3.63, 3.8) is 0 Å². The number of hydrogen-bond acceptors (Lipinski definition) is 6. The predicted molar refractivity (Wildman–Crippen MR) is 132 cm³/mol. The quantitative estimate of drug-likeness (QED) is 0.389. The van der Waals surface area contributed by atoms with Gasteiger partial charge in [0.25, 0.3) is 5.91 Å². The van der Waals surface area contributed by atoms with Gasteiger partial charge in [0.1, 0.15) is 5.75 Å². The highest BCUT2D eigenvalue weighted by Gasteiger charge is 2.15. The molecule has 0 aromatic heterocycles. The van der Waals surface area contributed by atoms with E-state index in [0.717, 1.165) is 0 Å². The van der Waals surface area contributed by atoms with Crippen molar-refractivity contribution in [2.75, 3.05) is 17.7 Å². The fourth-order valence-electron chi connectivity index (χ4n) is 3.19. The molecular formula is C25H25N3O6S. The van der Waals surface area contributed by atoms with Gasteiger partial charge in [-0.2, -0.15) is 0 Å². The molecule has 3 aromatic rings. The minimum absolute atomic E-state index is 0.0191. The maximum atomic E-state index is 12.7. The molecule has 0 heterocycles. The van der Waals surface area contributed by atoms with E-state index in [2.05, 4.69) is 15.4 Å². The van der Waals surface area contributed by atoms with Crippen LogP contribution < -0.4 is 20.1 Å². The summed E-state index contributed by atoms with van der Waals surface area (Å²) in [5.74, 6) is -0.368. The molecule has 0 saturated heterocycles. The molecule has 0 unspecified atom stereocenters. The zero-order valence-corrected chi connectivity index (χ0v) is 20.2. The Morgan fingerprint density at radius 3 is 2.03 bits per heavy atom. The third kappa shape index (κ3) is 6.75. The molecule has 0 aliphatic heterocycles. The van der Waals surface area contributed by atoms with Crippen LogP contribution in [0.25, 0.3) is 0 Å². The largest absolute Gasteiger partial charge is 0.495 e. The van der Waals surface area contributed by atoms with Crippen LogP contribution in [0.5, 0.6) is 5.75 Å². The summed E-state index contributed by atoms with van der Waals surface area (Å²) in [5.41, 5.74) is 2.32. The molecule has 0 bridgehead atoms. The lowest BCUT2D eigenvalue weighted by Gasteiger charge is -2.13. The van der Waals surface area contributed by atoms with Crippen molar-refractivity contribution in [2.24, 2.45) is 0 Å². The SMILES string of the molecule is COc1ccc(NC(C)=O)cc1NC(=O)c1ccc(CNS(=O)(=O)c2ccc(C(C)=O)cc2)cc1. The Hall–Kier alpha value is -4.02. The second-order valence-electron chi connectivity index (χ2n) is 7.65. The Labute approximate surface area is 203 Å². The van der Waals surface area contributed by atoms with Gasteiger partial charge in [0.05, 0.1) is 17.7 Å². The van der Waals surface area contributed by atoms with E-state index in [1.54, 1.807) is 42.5 Å². The summed E-state index contributed by atoms with van der Waals surface area (Å²) in [7, 11) is -2.30. The van der Waals surface area contributed by atoms with Gasteiger partial charge in [0.15, 0.2) is 5.78 Å². The highest BCUT2D eigenvalue weighted by atomic mass is 32.2. The first-order valence-corrected chi connectivity index (χ1v) is 12.0. The number of sulfonamides is 1. The third-order valence-corrected chi connectivity index (χ3v) is 6.44. The smallest absolute Gasteiger partial charge is 0.255 e. The van der Waals surface area contributed by atoms with Gasteiger partial charge in [-0.1, -0.05) is 24.3 Å². The first-order chi connectivity index (χ1) is 16.6. The van der Waals surface area contributed by atoms with E-state index < -0.39 is 15.9 Å². The van der Waals surface area contributed by atoms with E-state index in [0.29, 0.717) is 33.8 Å². The molecule has 0 spiro atoms. The molecule has 0 aliphatic rings. The maximum absolute atomic E-state index is 12.7. The van der Waals surface area contributed by atoms with Crippen LogP contribution in [0.4, 0.5) is 11.4 Å². The number of carbonyl (C=O) groups excluding carboxylic acids is 3. The van der Waals surface area contributed by atoms with Gasteiger partial charge in [0, 0.05) is 30.3 Å². The number of rotatable bonds is 9. The second-order valence-corrected chi connectivity index (χ2v) is 9.42. The minimum atomic E-state index is -3.77. The Kier molecular flexibility index (Phi) is 8.00. The first kappa shape index (κ1) is 25.6. The van der Waals surface area contributed by atoms with E-state index in [9.17, 15) is 22.8 Å². The fraction of sp³-hybridized carbons (Fsp3) is 0.160. The van der Waals surface area contributed by atoms with Crippen LogP contribution in [-0.2, 0) is 21.4 Å². The lowest BCUT2D eigenvalue weighted by Crippen LogP contribution is -2.23. The van der Waals surface area contributed by atoms with E-state index in [1.165, 1.54) is 45.2 Å². The molecule has 3 rings (SSSR count). The summed E-state index contributed by atoms with van der Waals surface area (Å²) in [4.78, 5) is 35.4. The molecule has 3 N–H and O–H groups in total. The molecule has 2 amide bonds. The standard InChI is InChI=1S/C25H25N3O6S/c1-16(29)19-8-11-22(12-9-19)35(32,33)26-15-18-4-6-20(7-5-18)25(31)28-23-14-21(27-17(2)30)10-13-24(23)34-3/h4-14,26H,15H2,1-3H3,(H,27,30)(H,28,31). The third-order valence-electron chi connectivity index (χ3n) is 5.02. The zero-order chi connectivity index (χ0) is 25.6. The fourth-order valence-corrected chi connectivity index (χ4v) is 4.20. The molecule has 182 valence electrons. The van der Waals surface area contributed by atoms with Crippen LogP contribution in [-0.4, -0.2) is 33.1 Å². The van der Waals surface area contributed by atoms with Crippen LogP contribution >= 0.6 is 0 Å². The van der Waals surface area contributed by atoms with Gasteiger partial charge >= 0.3 is 0 Å². The molecule has 9 nitrogen and oxygen atoms in total. The summed E-state index contributed by atoms with van der Waals surface area (Å²) in [6, 6.07) is 17.0.